The van der Waals surface area contributed by atoms with Crippen LogP contribution >= 0.6 is 12.4 Å². The Morgan fingerprint density at radius 3 is 2.78 bits per heavy atom. The third-order valence-corrected chi connectivity index (χ3v) is 4.98. The number of nitrogens with two attached hydrogens (primary N) is 1. The van der Waals surface area contributed by atoms with Crippen molar-refractivity contribution in [2.24, 2.45) is 11.7 Å². The summed E-state index contributed by atoms with van der Waals surface area (Å²) in [5, 5.41) is 13.8. The van der Waals surface area contributed by atoms with E-state index >= 15 is 0 Å². The van der Waals surface area contributed by atoms with E-state index in [0.29, 0.717) is 30.9 Å². The number of nitrogens with one attached hydrogen (secondary N) is 1. The SMILES string of the molecule is CC(CN)(NC(=O)CCCn1c(=O)oc2cc([N+](=O)[O-])ccc21)C1CC1.Cl. The largest absolute Gasteiger partial charge is 0.419 e. The number of nitro groups is 1. The number of non-ortho nitro benzene ring substituents is 1. The first-order valence-corrected chi connectivity index (χ1v) is 8.63. The lowest BCUT2D eigenvalue weighted by Crippen LogP contribution is -2.53. The highest BCUT2D eigenvalue weighted by Crippen LogP contribution is 2.39. The number of hydrogen-bond acceptors (Lipinski definition) is 6. The standard InChI is InChI=1S/C17H22N4O5.ClH/c1-17(10-18,11-4-5-11)19-15(22)3-2-8-20-13-7-6-12(21(24)25)9-14(13)26-16(20)23;/h6-7,9,11H,2-5,8,10,18H2,1H3,(H,19,22);1H. The van der Waals surface area contributed by atoms with E-state index in [1.165, 1.54) is 22.8 Å². The van der Waals surface area contributed by atoms with Gasteiger partial charge in [0.1, 0.15) is 0 Å². The fourth-order valence-electron chi connectivity index (χ4n) is 3.20. The molecule has 148 valence electrons. The molecule has 1 aliphatic rings. The first-order valence-electron chi connectivity index (χ1n) is 8.63. The number of fused-ring (bicyclic) bond motifs is 1. The van der Waals surface area contributed by atoms with Crippen molar-refractivity contribution in [2.75, 3.05) is 6.54 Å². The van der Waals surface area contributed by atoms with Crippen molar-refractivity contribution < 1.29 is 14.1 Å². The summed E-state index contributed by atoms with van der Waals surface area (Å²) in [4.78, 5) is 34.4. The highest BCUT2D eigenvalue weighted by molar-refractivity contribution is 5.85. The third-order valence-electron chi connectivity index (χ3n) is 4.98. The minimum absolute atomic E-state index is 0. The topological polar surface area (TPSA) is 133 Å². The van der Waals surface area contributed by atoms with Crippen molar-refractivity contribution in [1.82, 2.24) is 9.88 Å². The van der Waals surface area contributed by atoms with Crippen LogP contribution in [0.15, 0.2) is 27.4 Å². The lowest BCUT2D eigenvalue weighted by molar-refractivity contribution is -0.384. The van der Waals surface area contributed by atoms with Crippen molar-refractivity contribution in [1.29, 1.82) is 0 Å². The Labute approximate surface area is 161 Å². The predicted octanol–water partition coefficient (Wildman–Crippen LogP) is 1.95. The summed E-state index contributed by atoms with van der Waals surface area (Å²) in [6, 6.07) is 4.03. The van der Waals surface area contributed by atoms with Crippen LogP contribution in [0.2, 0.25) is 0 Å². The molecule has 2 aromatic rings. The Bertz CT molecular complexity index is 904. The number of aromatic nitrogens is 1. The monoisotopic (exact) mass is 398 g/mol. The van der Waals surface area contributed by atoms with Crippen LogP contribution in [0.1, 0.15) is 32.6 Å². The summed E-state index contributed by atoms with van der Waals surface area (Å²) in [6.45, 7) is 2.65. The van der Waals surface area contributed by atoms with Gasteiger partial charge in [-0.1, -0.05) is 0 Å². The summed E-state index contributed by atoms with van der Waals surface area (Å²) in [5.41, 5.74) is 5.93. The molecule has 1 aromatic carbocycles. The van der Waals surface area contributed by atoms with Gasteiger partial charge in [-0.3, -0.25) is 19.5 Å². The van der Waals surface area contributed by atoms with Crippen LogP contribution in [0, 0.1) is 16.0 Å². The molecule has 9 nitrogen and oxygen atoms in total. The Morgan fingerprint density at radius 1 is 1.48 bits per heavy atom. The second kappa shape index (κ2) is 8.10. The van der Waals surface area contributed by atoms with E-state index in [1.54, 1.807) is 0 Å². The summed E-state index contributed by atoms with van der Waals surface area (Å²) >= 11 is 0. The summed E-state index contributed by atoms with van der Waals surface area (Å²) in [6.07, 6.45) is 2.87. The average molecular weight is 399 g/mol. The van der Waals surface area contributed by atoms with Crippen LogP contribution in [-0.2, 0) is 11.3 Å². The molecule has 1 heterocycles. The van der Waals surface area contributed by atoms with Crippen LogP contribution < -0.4 is 16.8 Å². The Kier molecular flexibility index (Phi) is 6.27. The van der Waals surface area contributed by atoms with Crippen LogP contribution in [0.3, 0.4) is 0 Å². The highest BCUT2D eigenvalue weighted by Gasteiger charge is 2.41. The Balaban J connectivity index is 0.00000261. The molecule has 10 heteroatoms. The quantitative estimate of drug-likeness (QED) is 0.515. The fourth-order valence-corrected chi connectivity index (χ4v) is 3.20. The smallest absolute Gasteiger partial charge is 0.407 e. The van der Waals surface area contributed by atoms with Crippen molar-refractivity contribution in [3.63, 3.8) is 0 Å². The molecule has 0 bridgehead atoms. The lowest BCUT2D eigenvalue weighted by atomic mass is 9.95. The zero-order valence-corrected chi connectivity index (χ0v) is 15.8. The molecule has 0 aliphatic heterocycles. The van der Waals surface area contributed by atoms with Gasteiger partial charge < -0.3 is 15.5 Å². The van der Waals surface area contributed by atoms with Gasteiger partial charge in [-0.05, 0) is 38.2 Å². The van der Waals surface area contributed by atoms with Gasteiger partial charge in [0.05, 0.1) is 22.0 Å². The van der Waals surface area contributed by atoms with Gasteiger partial charge >= 0.3 is 5.76 Å². The van der Waals surface area contributed by atoms with Crippen molar-refractivity contribution in [3.8, 4) is 0 Å². The molecule has 1 saturated carbocycles. The molecule has 0 radical (unpaired) electrons. The van der Waals surface area contributed by atoms with E-state index in [9.17, 15) is 19.7 Å². The van der Waals surface area contributed by atoms with Crippen LogP contribution in [0.5, 0.6) is 0 Å². The molecule has 0 saturated heterocycles. The number of oxazole rings is 1. The van der Waals surface area contributed by atoms with E-state index in [2.05, 4.69) is 5.32 Å². The van der Waals surface area contributed by atoms with E-state index in [4.69, 9.17) is 10.2 Å². The third kappa shape index (κ3) is 4.48. The second-order valence-electron chi connectivity index (χ2n) is 6.98. The zero-order valence-electron chi connectivity index (χ0n) is 15.0. The Hall–Kier alpha value is -2.39. The summed E-state index contributed by atoms with van der Waals surface area (Å²) in [5.74, 6) is -0.250. The zero-order chi connectivity index (χ0) is 18.9. The number of halogens is 1. The van der Waals surface area contributed by atoms with E-state index in [-0.39, 0.29) is 41.5 Å². The first kappa shape index (κ1) is 20.9. The maximum absolute atomic E-state index is 12.2. The van der Waals surface area contributed by atoms with Gasteiger partial charge in [0.25, 0.3) is 5.69 Å². The maximum Gasteiger partial charge on any atom is 0.419 e. The van der Waals surface area contributed by atoms with Gasteiger partial charge in [-0.15, -0.1) is 12.4 Å². The average Bonchev–Trinajstić information content (AvgIpc) is 3.40. The normalized spacial score (nSPS) is 15.8. The summed E-state index contributed by atoms with van der Waals surface area (Å²) < 4.78 is 6.46. The number of nitro benzene ring substituents is 1. The lowest BCUT2D eigenvalue weighted by Gasteiger charge is -2.29. The van der Waals surface area contributed by atoms with Crippen molar-refractivity contribution in [3.05, 3.63) is 38.9 Å². The molecular formula is C17H23ClN4O5. The molecule has 1 aliphatic carbocycles. The number of rotatable bonds is 8. The van der Waals surface area contributed by atoms with E-state index < -0.39 is 10.7 Å². The minimum Gasteiger partial charge on any atom is -0.407 e. The molecular weight excluding hydrogens is 376 g/mol. The molecule has 1 aromatic heterocycles. The number of carbonyl (C=O) groups excluding carboxylic acids is 1. The molecule has 1 unspecified atom stereocenters. The molecule has 0 spiro atoms. The minimum atomic E-state index is -0.592. The molecule has 27 heavy (non-hydrogen) atoms. The highest BCUT2D eigenvalue weighted by atomic mass is 35.5. The van der Waals surface area contributed by atoms with Crippen molar-refractivity contribution in [2.45, 2.75) is 44.7 Å². The number of nitrogens with zero attached hydrogens (tertiary/aromatic N) is 2. The van der Waals surface area contributed by atoms with Gasteiger partial charge in [0, 0.05) is 25.6 Å². The van der Waals surface area contributed by atoms with Crippen LogP contribution in [-0.4, -0.2) is 27.5 Å². The first-order chi connectivity index (χ1) is 12.3. The van der Waals surface area contributed by atoms with E-state index in [0.717, 1.165) is 12.8 Å². The number of aryl methyl sites for hydroxylation is 1. The number of benzene rings is 1. The maximum atomic E-state index is 12.2. The molecule has 1 atom stereocenters. The number of amides is 1. The molecule has 3 N–H and O–H groups in total. The van der Waals surface area contributed by atoms with Gasteiger partial charge in [-0.25, -0.2) is 4.79 Å². The van der Waals surface area contributed by atoms with Gasteiger partial charge in [0.15, 0.2) is 5.58 Å². The van der Waals surface area contributed by atoms with Crippen molar-refractivity contribution >= 4 is 35.1 Å². The molecule has 1 fully saturated rings. The summed E-state index contributed by atoms with van der Waals surface area (Å²) in [7, 11) is 0. The Morgan fingerprint density at radius 2 is 2.19 bits per heavy atom. The van der Waals surface area contributed by atoms with Crippen LogP contribution in [0.25, 0.3) is 11.1 Å². The fraction of sp³-hybridized carbons (Fsp3) is 0.529. The van der Waals surface area contributed by atoms with Crippen LogP contribution in [0.4, 0.5) is 5.69 Å². The predicted molar refractivity (Wildman–Crippen MR) is 102 cm³/mol. The van der Waals surface area contributed by atoms with Gasteiger partial charge in [0.2, 0.25) is 5.91 Å². The second-order valence-corrected chi connectivity index (χ2v) is 6.98. The molecule has 3 rings (SSSR count). The number of carbonyl (C=O) groups is 1. The van der Waals surface area contributed by atoms with Gasteiger partial charge in [-0.2, -0.15) is 0 Å². The molecule has 1 amide bonds. The van der Waals surface area contributed by atoms with E-state index in [1.807, 2.05) is 6.92 Å². The number of hydrogen-bond donors (Lipinski definition) is 2.